The third-order valence-electron chi connectivity index (χ3n) is 12.4. The van der Waals surface area contributed by atoms with E-state index < -0.39 is 0 Å². The van der Waals surface area contributed by atoms with Crippen molar-refractivity contribution in [2.45, 2.75) is 64.2 Å². The van der Waals surface area contributed by atoms with Gasteiger partial charge in [0.1, 0.15) is 0 Å². The molecule has 0 amide bonds. The normalized spacial score (nSPS) is 13.7. The number of para-hydroxylation sites is 2. The average molecular weight is 768 g/mol. The zero-order valence-corrected chi connectivity index (χ0v) is 34.5. The van der Waals surface area contributed by atoms with E-state index in [9.17, 15) is 0 Å². The van der Waals surface area contributed by atoms with E-state index in [2.05, 4.69) is 202 Å². The van der Waals surface area contributed by atoms with E-state index in [1.54, 1.807) is 0 Å². The molecule has 0 saturated heterocycles. The van der Waals surface area contributed by atoms with Crippen LogP contribution in [0.4, 0.5) is 17.1 Å². The molecule has 0 N–H and O–H groups in total. The zero-order valence-electron chi connectivity index (χ0n) is 33.7. The van der Waals surface area contributed by atoms with Gasteiger partial charge in [-0.3, -0.25) is 0 Å². The number of thiophene rings is 1. The molecule has 0 spiro atoms. The molecule has 9 aromatic rings. The minimum Gasteiger partial charge on any atom is -0.309 e. The molecule has 1 heterocycles. The topological polar surface area (TPSA) is 3.24 Å². The first-order chi connectivity index (χ1) is 28.4. The van der Waals surface area contributed by atoms with Crippen LogP contribution in [0, 0.1) is 0 Å². The Morgan fingerprint density at radius 3 is 1.76 bits per heavy atom. The molecule has 2 heteroatoms. The largest absolute Gasteiger partial charge is 0.309 e. The molecule has 58 heavy (non-hydrogen) atoms. The van der Waals surface area contributed by atoms with Crippen LogP contribution in [0.3, 0.4) is 0 Å². The van der Waals surface area contributed by atoms with Gasteiger partial charge in [0, 0.05) is 36.9 Å². The minimum atomic E-state index is -0.0170. The summed E-state index contributed by atoms with van der Waals surface area (Å²) in [6.07, 6.45) is 6.49. The Kier molecular flexibility index (Phi) is 9.46. The van der Waals surface area contributed by atoms with Gasteiger partial charge >= 0.3 is 0 Å². The molecule has 10 rings (SSSR count). The van der Waals surface area contributed by atoms with Crippen LogP contribution in [-0.4, -0.2) is 0 Å². The van der Waals surface area contributed by atoms with Gasteiger partial charge in [-0.2, -0.15) is 0 Å². The zero-order chi connectivity index (χ0) is 39.2. The van der Waals surface area contributed by atoms with Crippen molar-refractivity contribution in [2.24, 2.45) is 0 Å². The van der Waals surface area contributed by atoms with E-state index in [-0.39, 0.29) is 5.41 Å². The molecule has 1 aliphatic carbocycles. The fourth-order valence-electron chi connectivity index (χ4n) is 9.58. The summed E-state index contributed by atoms with van der Waals surface area (Å²) < 4.78 is 2.63. The number of fused-ring (bicyclic) bond motifs is 4. The monoisotopic (exact) mass is 767 g/mol. The molecular formula is C56H49NS. The second kappa shape index (κ2) is 15.1. The third-order valence-corrected chi connectivity index (χ3v) is 13.6. The first-order valence-electron chi connectivity index (χ1n) is 21.0. The fraction of sp³-hybridized carbons (Fsp3) is 0.179. The highest BCUT2D eigenvalue weighted by Crippen LogP contribution is 2.51. The highest BCUT2D eigenvalue weighted by molar-refractivity contribution is 7.25. The lowest BCUT2D eigenvalue weighted by Crippen LogP contribution is -2.16. The number of benzene rings is 8. The highest BCUT2D eigenvalue weighted by atomic mass is 32.1. The molecule has 284 valence electrons. The van der Waals surface area contributed by atoms with Crippen molar-refractivity contribution in [1.82, 2.24) is 0 Å². The summed E-state index contributed by atoms with van der Waals surface area (Å²) in [4.78, 5) is 2.58. The van der Waals surface area contributed by atoms with Gasteiger partial charge < -0.3 is 4.90 Å². The first-order valence-corrected chi connectivity index (χ1v) is 21.9. The van der Waals surface area contributed by atoms with Crippen LogP contribution in [0.1, 0.15) is 69.9 Å². The third kappa shape index (κ3) is 6.50. The Morgan fingerprint density at radius 1 is 0.466 bits per heavy atom. The van der Waals surface area contributed by atoms with Crippen molar-refractivity contribution < 1.29 is 0 Å². The van der Waals surface area contributed by atoms with E-state index in [1.165, 1.54) is 113 Å². The van der Waals surface area contributed by atoms with Crippen LogP contribution in [0.2, 0.25) is 0 Å². The standard InChI is InChI=1S/C56H49NS/c1-56(2,3)41-35-36-51(48(37-41)39-21-8-5-9-22-39)57(50-32-14-11-26-44(50)46-30-18-34-53-55(46)47-27-12-15-33-52(47)58-53)49-31-13-10-25-43(49)45-29-17-24-40-23-16-28-42(54(40)45)38-19-6-4-7-20-38/h5,8-18,21-38H,4,6-7,19-20H2,1-3H3. The maximum Gasteiger partial charge on any atom is 0.0540 e. The Bertz CT molecular complexity index is 2920. The molecule has 0 bridgehead atoms. The van der Waals surface area contributed by atoms with Gasteiger partial charge in [-0.25, -0.2) is 0 Å². The van der Waals surface area contributed by atoms with Crippen molar-refractivity contribution in [3.05, 3.63) is 187 Å². The summed E-state index contributed by atoms with van der Waals surface area (Å²) in [5.41, 5.74) is 13.7. The summed E-state index contributed by atoms with van der Waals surface area (Å²) in [6.45, 7) is 6.94. The van der Waals surface area contributed by atoms with E-state index in [4.69, 9.17) is 0 Å². The van der Waals surface area contributed by atoms with Crippen molar-refractivity contribution in [3.8, 4) is 33.4 Å². The van der Waals surface area contributed by atoms with Crippen LogP contribution in [0.15, 0.2) is 176 Å². The molecule has 0 atom stereocenters. The molecule has 0 unspecified atom stereocenters. The number of rotatable bonds is 7. The quantitative estimate of drug-likeness (QED) is 0.156. The minimum absolute atomic E-state index is 0.0170. The number of anilines is 3. The number of hydrogen-bond donors (Lipinski definition) is 0. The van der Waals surface area contributed by atoms with Gasteiger partial charge in [0.2, 0.25) is 0 Å². The fourth-order valence-corrected chi connectivity index (χ4v) is 10.7. The molecule has 1 aromatic heterocycles. The summed E-state index contributed by atoms with van der Waals surface area (Å²) in [5.74, 6) is 0.582. The number of hydrogen-bond acceptors (Lipinski definition) is 2. The summed E-state index contributed by atoms with van der Waals surface area (Å²) in [6, 6.07) is 66.1. The van der Waals surface area contributed by atoms with Crippen molar-refractivity contribution >= 4 is 59.3 Å². The lowest BCUT2D eigenvalue weighted by molar-refractivity contribution is 0.445. The molecule has 0 radical (unpaired) electrons. The number of nitrogens with zero attached hydrogens (tertiary/aromatic N) is 1. The summed E-state index contributed by atoms with van der Waals surface area (Å²) >= 11 is 1.88. The lowest BCUT2D eigenvalue weighted by Gasteiger charge is -2.33. The van der Waals surface area contributed by atoms with Crippen molar-refractivity contribution in [3.63, 3.8) is 0 Å². The van der Waals surface area contributed by atoms with Gasteiger partial charge in [0.15, 0.2) is 0 Å². The van der Waals surface area contributed by atoms with E-state index >= 15 is 0 Å². The van der Waals surface area contributed by atoms with Crippen LogP contribution < -0.4 is 4.90 Å². The van der Waals surface area contributed by atoms with Gasteiger partial charge in [-0.1, -0.05) is 180 Å². The first kappa shape index (κ1) is 36.4. The Labute approximate surface area is 347 Å². The molecule has 1 aliphatic rings. The van der Waals surface area contributed by atoms with Gasteiger partial charge in [0.25, 0.3) is 0 Å². The molecule has 8 aromatic carbocycles. The van der Waals surface area contributed by atoms with E-state index in [0.717, 1.165) is 11.4 Å². The second-order valence-corrected chi connectivity index (χ2v) is 18.2. The van der Waals surface area contributed by atoms with Crippen molar-refractivity contribution in [1.29, 1.82) is 0 Å². The average Bonchev–Trinajstić information content (AvgIpc) is 3.66. The van der Waals surface area contributed by atoms with Gasteiger partial charge in [0.05, 0.1) is 17.1 Å². The molecular weight excluding hydrogens is 719 g/mol. The summed E-state index contributed by atoms with van der Waals surface area (Å²) in [7, 11) is 0. The lowest BCUT2D eigenvalue weighted by atomic mass is 9.80. The van der Waals surface area contributed by atoms with Gasteiger partial charge in [-0.05, 0) is 99.2 Å². The van der Waals surface area contributed by atoms with Crippen molar-refractivity contribution in [2.75, 3.05) is 4.90 Å². The Balaban J connectivity index is 1.29. The predicted molar refractivity (Wildman–Crippen MR) is 252 cm³/mol. The van der Waals surface area contributed by atoms with E-state index in [0.29, 0.717) is 5.92 Å². The SMILES string of the molecule is CC(C)(C)c1ccc(N(c2ccccc2-c2cccc3cccc(C4CCCCC4)c23)c2ccccc2-c2cccc3sc4ccccc4c23)c(-c2ccccc2)c1. The van der Waals surface area contributed by atoms with Crippen LogP contribution in [-0.2, 0) is 5.41 Å². The summed E-state index contributed by atoms with van der Waals surface area (Å²) in [5, 5.41) is 5.35. The van der Waals surface area contributed by atoms with Crippen LogP contribution in [0.25, 0.3) is 64.3 Å². The smallest absolute Gasteiger partial charge is 0.0540 e. The molecule has 1 saturated carbocycles. The maximum absolute atomic E-state index is 2.58. The molecule has 1 fully saturated rings. The Morgan fingerprint density at radius 2 is 1.03 bits per heavy atom. The molecule has 0 aliphatic heterocycles. The van der Waals surface area contributed by atoms with Gasteiger partial charge in [-0.15, -0.1) is 11.3 Å². The van der Waals surface area contributed by atoms with Crippen LogP contribution in [0.5, 0.6) is 0 Å². The predicted octanol–water partition coefficient (Wildman–Crippen LogP) is 17.0. The van der Waals surface area contributed by atoms with Crippen LogP contribution >= 0.6 is 11.3 Å². The highest BCUT2D eigenvalue weighted by Gasteiger charge is 2.27. The molecule has 1 nitrogen and oxygen atoms in total. The maximum atomic E-state index is 2.58. The second-order valence-electron chi connectivity index (χ2n) is 17.1. The van der Waals surface area contributed by atoms with E-state index in [1.807, 2.05) is 11.3 Å². The Hall–Kier alpha value is -5.96.